The molecule has 124 valence electrons. The van der Waals surface area contributed by atoms with Gasteiger partial charge in [-0.05, 0) is 29.7 Å². The van der Waals surface area contributed by atoms with Gasteiger partial charge in [0.2, 0.25) is 5.95 Å². The predicted molar refractivity (Wildman–Crippen MR) is 97.6 cm³/mol. The first-order valence-electron chi connectivity index (χ1n) is 8.30. The zero-order valence-electron chi connectivity index (χ0n) is 13.7. The number of carbonyl (C=O) groups is 1. The lowest BCUT2D eigenvalue weighted by Crippen LogP contribution is -2.31. The minimum absolute atomic E-state index is 0.207. The smallest absolute Gasteiger partial charge is 0.258 e. The highest BCUT2D eigenvalue weighted by atomic mass is 16.1. The van der Waals surface area contributed by atoms with E-state index in [9.17, 15) is 4.79 Å². The molecule has 1 aromatic heterocycles. The summed E-state index contributed by atoms with van der Waals surface area (Å²) in [6.07, 6.45) is 4.15. The van der Waals surface area contributed by atoms with E-state index in [-0.39, 0.29) is 5.91 Å². The number of hydrogen-bond donors (Lipinski definition) is 1. The summed E-state index contributed by atoms with van der Waals surface area (Å²) in [5.74, 6) is 0.451. The number of fused-ring (bicyclic) bond motifs is 1. The summed E-state index contributed by atoms with van der Waals surface area (Å²) >= 11 is 0. The molecular weight excluding hydrogens is 312 g/mol. The molecule has 0 fully saturated rings. The number of nitrogens with one attached hydrogen (secondary N) is 1. The maximum atomic E-state index is 12.3. The van der Waals surface area contributed by atoms with Crippen LogP contribution in [0.4, 0.5) is 11.6 Å². The highest BCUT2D eigenvalue weighted by Gasteiger charge is 2.18. The molecule has 1 amide bonds. The molecule has 3 aromatic rings. The summed E-state index contributed by atoms with van der Waals surface area (Å²) in [5, 5.41) is 2.84. The molecule has 0 saturated heterocycles. The summed E-state index contributed by atoms with van der Waals surface area (Å²) in [6, 6.07) is 17.8. The zero-order chi connectivity index (χ0) is 17.1. The van der Waals surface area contributed by atoms with Crippen molar-refractivity contribution < 1.29 is 4.79 Å². The number of benzene rings is 2. The van der Waals surface area contributed by atoms with Crippen LogP contribution in [0, 0.1) is 0 Å². The van der Waals surface area contributed by atoms with Gasteiger partial charge in [0.25, 0.3) is 5.91 Å². The van der Waals surface area contributed by atoms with Crippen molar-refractivity contribution in [3.05, 3.63) is 83.7 Å². The summed E-state index contributed by atoms with van der Waals surface area (Å²) in [4.78, 5) is 23.2. The van der Waals surface area contributed by atoms with Crippen molar-refractivity contribution in [2.45, 2.75) is 13.0 Å². The summed E-state index contributed by atoms with van der Waals surface area (Å²) in [6.45, 7) is 1.68. The van der Waals surface area contributed by atoms with Crippen molar-refractivity contribution in [1.29, 1.82) is 0 Å². The fourth-order valence-electron chi connectivity index (χ4n) is 2.99. The van der Waals surface area contributed by atoms with E-state index in [2.05, 4.69) is 44.5 Å². The van der Waals surface area contributed by atoms with E-state index in [0.717, 1.165) is 25.2 Å². The van der Waals surface area contributed by atoms with E-state index in [1.165, 1.54) is 11.1 Å². The average Bonchev–Trinajstić information content (AvgIpc) is 2.68. The van der Waals surface area contributed by atoms with Crippen LogP contribution >= 0.6 is 0 Å². The van der Waals surface area contributed by atoms with Crippen molar-refractivity contribution in [3.8, 4) is 0 Å². The van der Waals surface area contributed by atoms with Crippen LogP contribution in [0.2, 0.25) is 0 Å². The van der Waals surface area contributed by atoms with Crippen LogP contribution in [-0.2, 0) is 13.0 Å². The second-order valence-electron chi connectivity index (χ2n) is 6.03. The molecule has 0 aliphatic carbocycles. The van der Waals surface area contributed by atoms with Gasteiger partial charge in [-0.1, -0.05) is 42.5 Å². The Morgan fingerprint density at radius 3 is 2.36 bits per heavy atom. The highest BCUT2D eigenvalue weighted by molar-refractivity contribution is 6.03. The fourth-order valence-corrected chi connectivity index (χ4v) is 2.99. The number of para-hydroxylation sites is 1. The Morgan fingerprint density at radius 1 is 0.920 bits per heavy atom. The van der Waals surface area contributed by atoms with Crippen molar-refractivity contribution in [2.24, 2.45) is 0 Å². The second-order valence-corrected chi connectivity index (χ2v) is 6.03. The molecule has 2 aromatic carbocycles. The summed E-state index contributed by atoms with van der Waals surface area (Å²) < 4.78 is 0. The predicted octanol–water partition coefficient (Wildman–Crippen LogP) is 3.29. The van der Waals surface area contributed by atoms with Gasteiger partial charge in [-0.3, -0.25) is 4.79 Å². The Kier molecular flexibility index (Phi) is 4.12. The van der Waals surface area contributed by atoms with Crippen LogP contribution in [-0.4, -0.2) is 22.4 Å². The van der Waals surface area contributed by atoms with Crippen molar-refractivity contribution in [3.63, 3.8) is 0 Å². The van der Waals surface area contributed by atoms with Gasteiger partial charge in [0.1, 0.15) is 0 Å². The molecule has 1 aliphatic rings. The molecule has 25 heavy (non-hydrogen) atoms. The third kappa shape index (κ3) is 3.35. The van der Waals surface area contributed by atoms with E-state index in [0.29, 0.717) is 11.5 Å². The quantitative estimate of drug-likeness (QED) is 0.800. The van der Waals surface area contributed by atoms with E-state index >= 15 is 0 Å². The van der Waals surface area contributed by atoms with Crippen LogP contribution in [0.15, 0.2) is 67.0 Å². The van der Waals surface area contributed by atoms with Gasteiger partial charge in [-0.2, -0.15) is 0 Å². The van der Waals surface area contributed by atoms with E-state index in [1.54, 1.807) is 12.4 Å². The highest BCUT2D eigenvalue weighted by Crippen LogP contribution is 2.21. The van der Waals surface area contributed by atoms with Crippen molar-refractivity contribution in [1.82, 2.24) is 9.97 Å². The maximum absolute atomic E-state index is 12.3. The zero-order valence-corrected chi connectivity index (χ0v) is 13.7. The molecule has 0 radical (unpaired) electrons. The lowest BCUT2D eigenvalue weighted by molar-refractivity contribution is 0.102. The van der Waals surface area contributed by atoms with Gasteiger partial charge in [0.05, 0.1) is 5.56 Å². The first kappa shape index (κ1) is 15.3. The Balaban J connectivity index is 1.46. The minimum Gasteiger partial charge on any atom is -0.336 e. The minimum atomic E-state index is -0.207. The Bertz CT molecular complexity index is 878. The van der Waals surface area contributed by atoms with Crippen LogP contribution in [0.1, 0.15) is 21.5 Å². The standard InChI is InChI=1S/C20H18N4O/c25-19(23-18-8-2-1-3-9-18)17-12-21-20(22-13-17)24-11-10-15-6-4-5-7-16(15)14-24/h1-9,12-13H,10-11,14H2,(H,23,25). The van der Waals surface area contributed by atoms with Crippen molar-refractivity contribution >= 4 is 17.5 Å². The van der Waals surface area contributed by atoms with E-state index in [4.69, 9.17) is 0 Å². The Morgan fingerprint density at radius 2 is 1.60 bits per heavy atom. The summed E-state index contributed by atoms with van der Waals surface area (Å²) in [7, 11) is 0. The van der Waals surface area contributed by atoms with Gasteiger partial charge in [0, 0.05) is 31.2 Å². The van der Waals surface area contributed by atoms with E-state index in [1.807, 2.05) is 30.3 Å². The molecule has 4 rings (SSSR count). The maximum Gasteiger partial charge on any atom is 0.258 e. The monoisotopic (exact) mass is 330 g/mol. The molecule has 0 atom stereocenters. The molecule has 0 saturated carbocycles. The number of anilines is 2. The number of nitrogens with zero attached hydrogens (tertiary/aromatic N) is 3. The normalized spacial score (nSPS) is 13.2. The van der Waals surface area contributed by atoms with Gasteiger partial charge in [-0.15, -0.1) is 0 Å². The summed E-state index contributed by atoms with van der Waals surface area (Å²) in [5.41, 5.74) is 3.90. The van der Waals surface area contributed by atoms with Crippen LogP contribution in [0.25, 0.3) is 0 Å². The molecule has 5 nitrogen and oxygen atoms in total. The largest absolute Gasteiger partial charge is 0.336 e. The van der Waals surface area contributed by atoms with Crippen LogP contribution < -0.4 is 10.2 Å². The Hall–Kier alpha value is -3.21. The van der Waals surface area contributed by atoms with Gasteiger partial charge >= 0.3 is 0 Å². The number of hydrogen-bond acceptors (Lipinski definition) is 4. The van der Waals surface area contributed by atoms with Gasteiger partial charge < -0.3 is 10.2 Å². The van der Waals surface area contributed by atoms with Crippen LogP contribution in [0.3, 0.4) is 0 Å². The average molecular weight is 330 g/mol. The fraction of sp³-hybridized carbons (Fsp3) is 0.150. The molecule has 2 heterocycles. The molecule has 0 bridgehead atoms. The third-order valence-electron chi connectivity index (χ3n) is 4.35. The number of carbonyl (C=O) groups excluding carboxylic acids is 1. The molecule has 5 heteroatoms. The molecule has 0 unspecified atom stereocenters. The molecule has 1 aliphatic heterocycles. The number of aromatic nitrogens is 2. The van der Waals surface area contributed by atoms with E-state index < -0.39 is 0 Å². The van der Waals surface area contributed by atoms with Crippen LogP contribution in [0.5, 0.6) is 0 Å². The first-order chi connectivity index (χ1) is 12.3. The lowest BCUT2D eigenvalue weighted by atomic mass is 10.0. The Labute approximate surface area is 146 Å². The molecular formula is C20H18N4O. The number of amides is 1. The SMILES string of the molecule is O=C(Nc1ccccc1)c1cnc(N2CCc3ccccc3C2)nc1. The van der Waals surface area contributed by atoms with Crippen molar-refractivity contribution in [2.75, 3.05) is 16.8 Å². The number of rotatable bonds is 3. The van der Waals surface area contributed by atoms with Gasteiger partial charge in [0.15, 0.2) is 0 Å². The lowest BCUT2D eigenvalue weighted by Gasteiger charge is -2.28. The first-order valence-corrected chi connectivity index (χ1v) is 8.30. The third-order valence-corrected chi connectivity index (χ3v) is 4.35. The van der Waals surface area contributed by atoms with Gasteiger partial charge in [-0.25, -0.2) is 9.97 Å². The molecule has 0 spiro atoms. The topological polar surface area (TPSA) is 58.1 Å². The molecule has 1 N–H and O–H groups in total. The second kappa shape index (κ2) is 6.73.